The van der Waals surface area contributed by atoms with Crippen molar-refractivity contribution < 1.29 is 17.9 Å². The summed E-state index contributed by atoms with van der Waals surface area (Å²) in [6.07, 6.45) is -0.924. The van der Waals surface area contributed by atoms with E-state index in [-0.39, 0.29) is 5.95 Å². The van der Waals surface area contributed by atoms with Gasteiger partial charge in [-0.05, 0) is 6.07 Å². The Morgan fingerprint density at radius 3 is 2.95 bits per heavy atom. The van der Waals surface area contributed by atoms with E-state index in [4.69, 9.17) is 10.3 Å². The molecule has 3 heterocycles. The van der Waals surface area contributed by atoms with E-state index in [1.807, 2.05) is 0 Å². The number of hydrogen-bond acceptors (Lipinski definition) is 6. The lowest BCUT2D eigenvalue weighted by Crippen LogP contribution is -2.28. The smallest absolute Gasteiger partial charge is 0.373 e. The highest BCUT2D eigenvalue weighted by molar-refractivity contribution is 5.55. The Morgan fingerprint density at radius 2 is 2.24 bits per heavy atom. The molecule has 0 spiro atoms. The Bertz CT molecular complexity index is 640. The van der Waals surface area contributed by atoms with Gasteiger partial charge in [0, 0.05) is 23.5 Å². The molecular formula is C12H10F3N5O. The first-order valence-corrected chi connectivity index (χ1v) is 6.04. The molecular weight excluding hydrogens is 287 g/mol. The minimum atomic E-state index is -4.55. The molecule has 2 aliphatic rings. The topological polar surface area (TPSA) is 74.5 Å². The van der Waals surface area contributed by atoms with Crippen molar-refractivity contribution in [1.82, 2.24) is 9.97 Å². The number of alkyl halides is 3. The van der Waals surface area contributed by atoms with Crippen molar-refractivity contribution >= 4 is 5.95 Å². The summed E-state index contributed by atoms with van der Waals surface area (Å²) in [4.78, 5) is 8.71. The maximum atomic E-state index is 12.7. The lowest BCUT2D eigenvalue weighted by molar-refractivity contribution is -0.141. The van der Waals surface area contributed by atoms with E-state index >= 15 is 0 Å². The number of anilines is 1. The van der Waals surface area contributed by atoms with Gasteiger partial charge in [-0.25, -0.2) is 15.5 Å². The van der Waals surface area contributed by atoms with Crippen LogP contribution >= 0.6 is 0 Å². The molecule has 0 radical (unpaired) electrons. The van der Waals surface area contributed by atoms with Gasteiger partial charge in [-0.2, -0.15) is 18.3 Å². The van der Waals surface area contributed by atoms with E-state index < -0.39 is 18.0 Å². The van der Waals surface area contributed by atoms with E-state index in [0.29, 0.717) is 13.2 Å². The molecule has 21 heavy (non-hydrogen) atoms. The molecule has 1 aromatic heterocycles. The summed E-state index contributed by atoms with van der Waals surface area (Å²) in [5, 5.41) is 3.46. The highest BCUT2D eigenvalue weighted by Crippen LogP contribution is 2.34. The Hall–Kier alpha value is -2.29. The monoisotopic (exact) mass is 297 g/mol. The van der Waals surface area contributed by atoms with Crippen LogP contribution < -0.4 is 4.90 Å². The van der Waals surface area contributed by atoms with Crippen LogP contribution in [0.15, 0.2) is 40.8 Å². The average Bonchev–Trinajstić information content (AvgIpc) is 2.85. The van der Waals surface area contributed by atoms with Crippen LogP contribution in [0.3, 0.4) is 0 Å². The summed E-state index contributed by atoms with van der Waals surface area (Å²) in [6, 6.07) is 0.801. The molecule has 0 bridgehead atoms. The van der Waals surface area contributed by atoms with Gasteiger partial charge in [-0.1, -0.05) is 6.08 Å². The van der Waals surface area contributed by atoms with Gasteiger partial charge in [0.05, 0.1) is 13.2 Å². The molecule has 0 saturated heterocycles. The molecule has 0 fully saturated rings. The Kier molecular flexibility index (Phi) is 3.20. The van der Waals surface area contributed by atoms with Gasteiger partial charge in [0.15, 0.2) is 6.17 Å². The van der Waals surface area contributed by atoms with E-state index in [2.05, 4.69) is 15.1 Å². The van der Waals surface area contributed by atoms with Crippen LogP contribution in [0.4, 0.5) is 19.1 Å². The zero-order chi connectivity index (χ0) is 15.0. The van der Waals surface area contributed by atoms with E-state index in [1.165, 1.54) is 4.90 Å². The van der Waals surface area contributed by atoms with Gasteiger partial charge in [-0.15, -0.1) is 0 Å². The summed E-state index contributed by atoms with van der Waals surface area (Å²) in [6.45, 7) is 0.712. The molecule has 110 valence electrons. The van der Waals surface area contributed by atoms with Crippen molar-refractivity contribution in [2.75, 3.05) is 18.1 Å². The number of ether oxygens (including phenoxy) is 1. The lowest BCUT2D eigenvalue weighted by Gasteiger charge is -2.21. The Balaban J connectivity index is 2.00. The molecule has 0 aromatic carbocycles. The summed E-state index contributed by atoms with van der Waals surface area (Å²) in [5.74, 6) is -0.145. The lowest BCUT2D eigenvalue weighted by atomic mass is 10.1. The number of nitrogens with one attached hydrogen (secondary N) is 1. The number of hydrogen-bond donors (Lipinski definition) is 1. The maximum Gasteiger partial charge on any atom is 0.433 e. The molecule has 3 rings (SSSR count). The minimum Gasteiger partial charge on any atom is -0.373 e. The molecule has 1 atom stereocenters. The minimum absolute atomic E-state index is 0.145. The fourth-order valence-corrected chi connectivity index (χ4v) is 2.23. The van der Waals surface area contributed by atoms with E-state index in [0.717, 1.165) is 23.4 Å². The van der Waals surface area contributed by atoms with Gasteiger partial charge in [0.2, 0.25) is 5.95 Å². The van der Waals surface area contributed by atoms with Crippen LogP contribution in [0.1, 0.15) is 5.69 Å². The second-order valence-electron chi connectivity index (χ2n) is 4.48. The van der Waals surface area contributed by atoms with Crippen LogP contribution in [-0.2, 0) is 10.9 Å². The SMILES string of the molecule is N=NC1C2=CCOCC2=CN1c1nccc(C(F)(F)F)n1. The van der Waals surface area contributed by atoms with E-state index in [1.54, 1.807) is 12.3 Å². The van der Waals surface area contributed by atoms with Crippen molar-refractivity contribution in [1.29, 1.82) is 5.53 Å². The largest absolute Gasteiger partial charge is 0.433 e. The van der Waals surface area contributed by atoms with Crippen molar-refractivity contribution in [2.24, 2.45) is 5.11 Å². The van der Waals surface area contributed by atoms with Crippen molar-refractivity contribution in [3.05, 3.63) is 41.4 Å². The maximum absolute atomic E-state index is 12.7. The fraction of sp³-hybridized carbons (Fsp3) is 0.333. The van der Waals surface area contributed by atoms with Crippen molar-refractivity contribution in [2.45, 2.75) is 12.3 Å². The van der Waals surface area contributed by atoms with Crippen LogP contribution in [-0.4, -0.2) is 29.3 Å². The quantitative estimate of drug-likeness (QED) is 0.851. The summed E-state index contributed by atoms with van der Waals surface area (Å²) < 4.78 is 43.4. The third-order valence-electron chi connectivity index (χ3n) is 3.17. The predicted molar refractivity (Wildman–Crippen MR) is 65.4 cm³/mol. The van der Waals surface area contributed by atoms with Gasteiger partial charge in [0.25, 0.3) is 0 Å². The zero-order valence-electron chi connectivity index (χ0n) is 10.6. The number of rotatable bonds is 2. The van der Waals surface area contributed by atoms with Gasteiger partial charge < -0.3 is 4.74 Å². The van der Waals surface area contributed by atoms with Gasteiger partial charge >= 0.3 is 6.18 Å². The first-order chi connectivity index (χ1) is 10.0. The molecule has 1 N–H and O–H groups in total. The highest BCUT2D eigenvalue weighted by atomic mass is 19.4. The molecule has 0 amide bonds. The molecule has 2 aliphatic heterocycles. The summed E-state index contributed by atoms with van der Waals surface area (Å²) in [5.41, 5.74) is 7.75. The van der Waals surface area contributed by atoms with E-state index in [9.17, 15) is 13.2 Å². The molecule has 1 unspecified atom stereocenters. The molecule has 9 heteroatoms. The summed E-state index contributed by atoms with van der Waals surface area (Å²) in [7, 11) is 0. The second kappa shape index (κ2) is 4.92. The number of fused-ring (bicyclic) bond motifs is 1. The van der Waals surface area contributed by atoms with Gasteiger partial charge in [-0.3, -0.25) is 4.90 Å². The molecule has 0 aliphatic carbocycles. The van der Waals surface area contributed by atoms with Gasteiger partial charge in [0.1, 0.15) is 5.69 Å². The van der Waals surface area contributed by atoms with Crippen molar-refractivity contribution in [3.63, 3.8) is 0 Å². The Morgan fingerprint density at radius 1 is 1.43 bits per heavy atom. The number of halogens is 3. The molecule has 6 nitrogen and oxygen atoms in total. The van der Waals surface area contributed by atoms with Crippen LogP contribution in [0.5, 0.6) is 0 Å². The average molecular weight is 297 g/mol. The van der Waals surface area contributed by atoms with Crippen LogP contribution in [0, 0.1) is 5.53 Å². The number of nitrogens with zero attached hydrogens (tertiary/aromatic N) is 4. The van der Waals surface area contributed by atoms with Crippen molar-refractivity contribution in [3.8, 4) is 0 Å². The standard InChI is InChI=1S/C12H10F3N5O/c13-12(14,15)9-1-3-17-11(18-9)20-5-7-6-21-4-2-8(7)10(20)19-16/h1-3,5,10,16H,4,6H2. The van der Waals surface area contributed by atoms with Crippen LogP contribution in [0.2, 0.25) is 0 Å². The molecule has 1 aromatic rings. The summed E-state index contributed by atoms with van der Waals surface area (Å²) >= 11 is 0. The Labute approximate surface area is 117 Å². The van der Waals surface area contributed by atoms with Crippen LogP contribution in [0.25, 0.3) is 0 Å². The normalized spacial score (nSPS) is 21.7. The third kappa shape index (κ3) is 2.40. The molecule has 0 saturated carbocycles. The number of aromatic nitrogens is 2. The third-order valence-corrected chi connectivity index (χ3v) is 3.17. The highest BCUT2D eigenvalue weighted by Gasteiger charge is 2.36. The second-order valence-corrected chi connectivity index (χ2v) is 4.48. The first kappa shape index (κ1) is 13.7. The predicted octanol–water partition coefficient (Wildman–Crippen LogP) is 2.51. The fourth-order valence-electron chi connectivity index (χ4n) is 2.23. The zero-order valence-corrected chi connectivity index (χ0v) is 10.6. The first-order valence-electron chi connectivity index (χ1n) is 6.04.